The molecule has 0 aromatic heterocycles. The standard InChI is InChI=1S/C19H21FN2O3/c1-19(2,3)25-18(24)22(4)14-9-7-8-13(12-14)21-17(23)15-10-5-6-11-16(15)20/h5-12H,1-4H3,(H,21,23). The molecule has 0 saturated carbocycles. The topological polar surface area (TPSA) is 58.6 Å². The zero-order chi connectivity index (χ0) is 18.6. The van der Waals surface area contributed by atoms with Gasteiger partial charge in [-0.3, -0.25) is 9.69 Å². The second kappa shape index (κ2) is 7.34. The van der Waals surface area contributed by atoms with Crippen LogP contribution in [0, 0.1) is 5.82 Å². The van der Waals surface area contributed by atoms with Crippen molar-refractivity contribution in [3.63, 3.8) is 0 Å². The molecule has 0 heterocycles. The monoisotopic (exact) mass is 344 g/mol. The van der Waals surface area contributed by atoms with Crippen LogP contribution in [0.2, 0.25) is 0 Å². The van der Waals surface area contributed by atoms with E-state index in [1.807, 2.05) is 0 Å². The molecule has 0 fully saturated rings. The predicted octanol–water partition coefficient (Wildman–Crippen LogP) is 4.45. The Morgan fingerprint density at radius 1 is 1.08 bits per heavy atom. The van der Waals surface area contributed by atoms with E-state index in [1.54, 1.807) is 58.2 Å². The van der Waals surface area contributed by atoms with Crippen molar-refractivity contribution >= 4 is 23.4 Å². The smallest absolute Gasteiger partial charge is 0.414 e. The summed E-state index contributed by atoms with van der Waals surface area (Å²) in [4.78, 5) is 25.6. The van der Waals surface area contributed by atoms with E-state index in [1.165, 1.54) is 23.1 Å². The Bertz CT molecular complexity index is 784. The van der Waals surface area contributed by atoms with Crippen molar-refractivity contribution in [1.29, 1.82) is 0 Å². The third-order valence-electron chi connectivity index (χ3n) is 3.28. The SMILES string of the molecule is CN(C(=O)OC(C)(C)C)c1cccc(NC(=O)c2ccccc2F)c1. The van der Waals surface area contributed by atoms with Gasteiger partial charge < -0.3 is 10.1 Å². The van der Waals surface area contributed by atoms with Crippen LogP contribution in [-0.4, -0.2) is 24.6 Å². The van der Waals surface area contributed by atoms with Gasteiger partial charge in [0, 0.05) is 18.4 Å². The number of nitrogens with zero attached hydrogens (tertiary/aromatic N) is 1. The zero-order valence-electron chi connectivity index (χ0n) is 14.7. The van der Waals surface area contributed by atoms with Crippen LogP contribution in [-0.2, 0) is 4.74 Å². The molecule has 1 N–H and O–H groups in total. The van der Waals surface area contributed by atoms with Crippen molar-refractivity contribution in [3.05, 3.63) is 59.9 Å². The van der Waals surface area contributed by atoms with Crippen molar-refractivity contribution < 1.29 is 18.7 Å². The van der Waals surface area contributed by atoms with Crippen molar-refractivity contribution in [2.75, 3.05) is 17.3 Å². The first-order valence-electron chi connectivity index (χ1n) is 7.80. The molecule has 6 heteroatoms. The first-order valence-corrected chi connectivity index (χ1v) is 7.80. The summed E-state index contributed by atoms with van der Waals surface area (Å²) in [5.41, 5.74) is 0.331. The summed E-state index contributed by atoms with van der Waals surface area (Å²) in [5.74, 6) is -1.16. The van der Waals surface area contributed by atoms with Gasteiger partial charge in [0.2, 0.25) is 0 Å². The maximum atomic E-state index is 13.7. The molecule has 0 saturated heterocycles. The molecule has 0 aliphatic heterocycles. The van der Waals surface area contributed by atoms with E-state index in [-0.39, 0.29) is 5.56 Å². The number of hydrogen-bond donors (Lipinski definition) is 1. The summed E-state index contributed by atoms with van der Waals surface area (Å²) in [6, 6.07) is 12.4. The number of amides is 2. The molecule has 132 valence electrons. The van der Waals surface area contributed by atoms with Crippen LogP contribution in [0.1, 0.15) is 31.1 Å². The van der Waals surface area contributed by atoms with E-state index < -0.39 is 23.4 Å². The van der Waals surface area contributed by atoms with Crippen LogP contribution in [0.15, 0.2) is 48.5 Å². The van der Waals surface area contributed by atoms with E-state index in [2.05, 4.69) is 5.32 Å². The number of rotatable bonds is 3. The second-order valence-electron chi connectivity index (χ2n) is 6.52. The number of ether oxygens (including phenoxy) is 1. The van der Waals surface area contributed by atoms with Gasteiger partial charge in [0.05, 0.1) is 5.56 Å². The summed E-state index contributed by atoms with van der Waals surface area (Å²) >= 11 is 0. The number of benzene rings is 2. The predicted molar refractivity (Wildman–Crippen MR) is 95.4 cm³/mol. The van der Waals surface area contributed by atoms with Crippen molar-refractivity contribution in [1.82, 2.24) is 0 Å². The molecule has 0 radical (unpaired) electrons. The van der Waals surface area contributed by atoms with Crippen LogP contribution in [0.4, 0.5) is 20.6 Å². The largest absolute Gasteiger partial charge is 0.443 e. The molecular formula is C19H21FN2O3. The Kier molecular flexibility index (Phi) is 5.41. The lowest BCUT2D eigenvalue weighted by atomic mass is 10.2. The molecule has 2 aromatic carbocycles. The minimum atomic E-state index is -0.609. The molecule has 2 amide bonds. The fraction of sp³-hybridized carbons (Fsp3) is 0.263. The molecule has 0 aliphatic rings. The van der Waals surface area contributed by atoms with Gasteiger partial charge >= 0.3 is 6.09 Å². The van der Waals surface area contributed by atoms with Gasteiger partial charge in [-0.05, 0) is 51.1 Å². The first-order chi connectivity index (χ1) is 11.7. The van der Waals surface area contributed by atoms with Crippen molar-refractivity contribution in [2.45, 2.75) is 26.4 Å². The highest BCUT2D eigenvalue weighted by Crippen LogP contribution is 2.21. The lowest BCUT2D eigenvalue weighted by Gasteiger charge is -2.25. The summed E-state index contributed by atoms with van der Waals surface area (Å²) in [6.45, 7) is 5.34. The van der Waals surface area contributed by atoms with Gasteiger partial charge in [0.15, 0.2) is 0 Å². The molecule has 0 aliphatic carbocycles. The van der Waals surface area contributed by atoms with Crippen LogP contribution in [0.25, 0.3) is 0 Å². The fourth-order valence-corrected chi connectivity index (χ4v) is 2.07. The van der Waals surface area contributed by atoms with E-state index in [9.17, 15) is 14.0 Å². The molecule has 2 aromatic rings. The second-order valence-corrected chi connectivity index (χ2v) is 6.52. The van der Waals surface area contributed by atoms with Crippen molar-refractivity contribution in [2.24, 2.45) is 0 Å². The maximum absolute atomic E-state index is 13.7. The highest BCUT2D eigenvalue weighted by atomic mass is 19.1. The zero-order valence-corrected chi connectivity index (χ0v) is 14.7. The van der Waals surface area contributed by atoms with E-state index in [4.69, 9.17) is 4.74 Å². The molecular weight excluding hydrogens is 323 g/mol. The molecule has 0 bridgehead atoms. The number of halogens is 1. The van der Waals surface area contributed by atoms with Crippen LogP contribution < -0.4 is 10.2 Å². The Morgan fingerprint density at radius 3 is 2.40 bits per heavy atom. The van der Waals surface area contributed by atoms with Crippen LogP contribution in [0.3, 0.4) is 0 Å². The van der Waals surface area contributed by atoms with Crippen LogP contribution in [0.5, 0.6) is 0 Å². The summed E-state index contributed by atoms with van der Waals surface area (Å²) in [7, 11) is 1.58. The Morgan fingerprint density at radius 2 is 1.76 bits per heavy atom. The average molecular weight is 344 g/mol. The number of carbonyl (C=O) groups is 2. The minimum absolute atomic E-state index is 0.0478. The molecule has 0 unspecified atom stereocenters. The fourth-order valence-electron chi connectivity index (χ4n) is 2.07. The van der Waals surface area contributed by atoms with Gasteiger partial charge in [0.1, 0.15) is 11.4 Å². The quantitative estimate of drug-likeness (QED) is 0.895. The van der Waals surface area contributed by atoms with E-state index in [0.29, 0.717) is 11.4 Å². The van der Waals surface area contributed by atoms with Gasteiger partial charge in [0.25, 0.3) is 5.91 Å². The third kappa shape index (κ3) is 5.04. The Hall–Kier alpha value is -2.89. The normalized spacial score (nSPS) is 10.9. The number of carbonyl (C=O) groups excluding carboxylic acids is 2. The lowest BCUT2D eigenvalue weighted by molar-refractivity contribution is 0.0589. The molecule has 25 heavy (non-hydrogen) atoms. The van der Waals surface area contributed by atoms with Gasteiger partial charge in [-0.15, -0.1) is 0 Å². The summed E-state index contributed by atoms with van der Waals surface area (Å²) in [5, 5.41) is 2.62. The van der Waals surface area contributed by atoms with E-state index in [0.717, 1.165) is 0 Å². The third-order valence-corrected chi connectivity index (χ3v) is 3.28. The molecule has 5 nitrogen and oxygen atoms in total. The van der Waals surface area contributed by atoms with E-state index >= 15 is 0 Å². The minimum Gasteiger partial charge on any atom is -0.443 e. The van der Waals surface area contributed by atoms with Crippen LogP contribution >= 0.6 is 0 Å². The highest BCUT2D eigenvalue weighted by molar-refractivity contribution is 6.04. The van der Waals surface area contributed by atoms with Gasteiger partial charge in [-0.1, -0.05) is 18.2 Å². The van der Waals surface area contributed by atoms with Gasteiger partial charge in [-0.25, -0.2) is 9.18 Å². The highest BCUT2D eigenvalue weighted by Gasteiger charge is 2.21. The first kappa shape index (κ1) is 18.4. The summed E-state index contributed by atoms with van der Waals surface area (Å²) in [6.07, 6.45) is -0.509. The Labute approximate surface area is 146 Å². The Balaban J connectivity index is 2.15. The molecule has 2 rings (SSSR count). The lowest BCUT2D eigenvalue weighted by Crippen LogP contribution is -2.34. The summed E-state index contributed by atoms with van der Waals surface area (Å²) < 4.78 is 19.0. The number of anilines is 2. The van der Waals surface area contributed by atoms with Crippen molar-refractivity contribution in [3.8, 4) is 0 Å². The molecule has 0 spiro atoms. The molecule has 0 atom stereocenters. The maximum Gasteiger partial charge on any atom is 0.414 e. The number of nitrogens with one attached hydrogen (secondary N) is 1. The average Bonchev–Trinajstić information content (AvgIpc) is 2.53. The van der Waals surface area contributed by atoms with Gasteiger partial charge in [-0.2, -0.15) is 0 Å². The number of hydrogen-bond acceptors (Lipinski definition) is 3.